The normalized spacial score (nSPS) is 10.5. The van der Waals surface area contributed by atoms with Crippen molar-refractivity contribution < 1.29 is 9.90 Å². The summed E-state index contributed by atoms with van der Waals surface area (Å²) >= 11 is 3.40. The maximum Gasteiger partial charge on any atom is 0.335 e. The number of anilines is 1. The summed E-state index contributed by atoms with van der Waals surface area (Å²) in [7, 11) is 0. The van der Waals surface area contributed by atoms with Crippen LogP contribution < -0.4 is 4.90 Å². The van der Waals surface area contributed by atoms with E-state index < -0.39 is 5.97 Å². The molecule has 1 aromatic carbocycles. The quantitative estimate of drug-likeness (QED) is 0.761. The molecule has 106 valence electrons. The molecule has 0 unspecified atom stereocenters. The Morgan fingerprint density at radius 1 is 1.16 bits per heavy atom. The van der Waals surface area contributed by atoms with Crippen LogP contribution in [0, 0.1) is 0 Å². The number of rotatable bonds is 8. The van der Waals surface area contributed by atoms with Crippen molar-refractivity contribution in [3.05, 3.63) is 28.2 Å². The third kappa shape index (κ3) is 5.23. The first-order valence-electron chi connectivity index (χ1n) is 6.87. The van der Waals surface area contributed by atoms with Crippen LogP contribution in [0.4, 0.5) is 5.69 Å². The van der Waals surface area contributed by atoms with Crippen LogP contribution in [0.25, 0.3) is 0 Å². The molecule has 0 spiro atoms. The molecule has 1 N–H and O–H groups in total. The van der Waals surface area contributed by atoms with Crippen molar-refractivity contribution in [2.75, 3.05) is 18.0 Å². The van der Waals surface area contributed by atoms with E-state index in [2.05, 4.69) is 34.7 Å². The molecule has 0 aliphatic heterocycles. The first-order chi connectivity index (χ1) is 9.08. The number of hydrogen-bond acceptors (Lipinski definition) is 2. The van der Waals surface area contributed by atoms with Crippen LogP contribution in [0.5, 0.6) is 0 Å². The van der Waals surface area contributed by atoms with Gasteiger partial charge in [-0.25, -0.2) is 4.79 Å². The van der Waals surface area contributed by atoms with Crippen molar-refractivity contribution in [2.24, 2.45) is 0 Å². The smallest absolute Gasteiger partial charge is 0.335 e. The first kappa shape index (κ1) is 16.0. The fourth-order valence-electron chi connectivity index (χ4n) is 1.95. The summed E-state index contributed by atoms with van der Waals surface area (Å²) in [5.41, 5.74) is 1.33. The number of aromatic carboxylic acids is 1. The van der Waals surface area contributed by atoms with E-state index in [-0.39, 0.29) is 0 Å². The highest BCUT2D eigenvalue weighted by molar-refractivity contribution is 9.10. The van der Waals surface area contributed by atoms with Crippen molar-refractivity contribution in [1.82, 2.24) is 0 Å². The number of hydrogen-bond donors (Lipinski definition) is 1. The fourth-order valence-corrected chi connectivity index (χ4v) is 2.43. The van der Waals surface area contributed by atoms with Crippen LogP contribution >= 0.6 is 15.9 Å². The van der Waals surface area contributed by atoms with Crippen LogP contribution in [0.2, 0.25) is 0 Å². The molecule has 19 heavy (non-hydrogen) atoms. The molecule has 1 aromatic rings. The Kier molecular flexibility index (Phi) is 6.92. The largest absolute Gasteiger partial charge is 0.478 e. The van der Waals surface area contributed by atoms with Gasteiger partial charge in [0.1, 0.15) is 0 Å². The van der Waals surface area contributed by atoms with Crippen LogP contribution in [-0.4, -0.2) is 24.2 Å². The molecule has 0 saturated heterocycles. The molecule has 0 radical (unpaired) electrons. The highest BCUT2D eigenvalue weighted by atomic mass is 79.9. The summed E-state index contributed by atoms with van der Waals surface area (Å²) in [5.74, 6) is -0.881. The minimum atomic E-state index is -0.881. The summed E-state index contributed by atoms with van der Waals surface area (Å²) in [6.07, 6.45) is 4.53. The summed E-state index contributed by atoms with van der Waals surface area (Å²) in [5, 5.41) is 9.13. The van der Waals surface area contributed by atoms with Gasteiger partial charge in [0.25, 0.3) is 0 Å². The molecule has 4 heteroatoms. The van der Waals surface area contributed by atoms with Crippen LogP contribution in [0.3, 0.4) is 0 Å². The van der Waals surface area contributed by atoms with Crippen LogP contribution in [-0.2, 0) is 0 Å². The Hall–Kier alpha value is -1.03. The lowest BCUT2D eigenvalue weighted by molar-refractivity contribution is 0.0697. The van der Waals surface area contributed by atoms with E-state index in [9.17, 15) is 4.79 Å². The van der Waals surface area contributed by atoms with E-state index in [0.717, 1.165) is 48.9 Å². The molecule has 0 aromatic heterocycles. The van der Waals surface area contributed by atoms with Gasteiger partial charge in [0, 0.05) is 23.2 Å². The van der Waals surface area contributed by atoms with Crippen molar-refractivity contribution in [2.45, 2.75) is 39.5 Å². The Labute approximate surface area is 123 Å². The van der Waals surface area contributed by atoms with Gasteiger partial charge in [-0.15, -0.1) is 0 Å². The number of benzene rings is 1. The lowest BCUT2D eigenvalue weighted by Crippen LogP contribution is -2.25. The summed E-state index contributed by atoms with van der Waals surface area (Å²) < 4.78 is 0.820. The molecule has 0 heterocycles. The Balaban J connectivity index is 2.95. The van der Waals surface area contributed by atoms with Gasteiger partial charge in [0.15, 0.2) is 0 Å². The van der Waals surface area contributed by atoms with E-state index in [1.54, 1.807) is 12.1 Å². The Morgan fingerprint density at radius 3 is 2.21 bits per heavy atom. The van der Waals surface area contributed by atoms with Crippen molar-refractivity contribution in [1.29, 1.82) is 0 Å². The summed E-state index contributed by atoms with van der Waals surface area (Å²) in [6.45, 7) is 6.29. The highest BCUT2D eigenvalue weighted by Crippen LogP contribution is 2.24. The minimum Gasteiger partial charge on any atom is -0.478 e. The van der Waals surface area contributed by atoms with Gasteiger partial charge in [0.2, 0.25) is 0 Å². The van der Waals surface area contributed by atoms with Gasteiger partial charge in [0.05, 0.1) is 5.56 Å². The number of carbonyl (C=O) groups is 1. The molecule has 3 nitrogen and oxygen atoms in total. The number of unbranched alkanes of at least 4 members (excludes halogenated alkanes) is 2. The third-order valence-corrected chi connectivity index (χ3v) is 3.52. The molecule has 0 saturated carbocycles. The minimum absolute atomic E-state index is 0.336. The van der Waals surface area contributed by atoms with Gasteiger partial charge < -0.3 is 10.0 Å². The van der Waals surface area contributed by atoms with Crippen molar-refractivity contribution in [3.63, 3.8) is 0 Å². The molecule has 0 bridgehead atoms. The van der Waals surface area contributed by atoms with E-state index in [1.807, 2.05) is 6.07 Å². The second-order valence-corrected chi connectivity index (χ2v) is 5.61. The second kappa shape index (κ2) is 8.20. The van der Waals surface area contributed by atoms with Gasteiger partial charge in [-0.3, -0.25) is 0 Å². The standard InChI is InChI=1S/C15H22BrNO2/c1-3-5-7-17(8-6-4-2)14-10-12(15(18)19)9-13(16)11-14/h9-11H,3-8H2,1-2H3,(H,18,19). The van der Waals surface area contributed by atoms with E-state index in [4.69, 9.17) is 5.11 Å². The van der Waals surface area contributed by atoms with Gasteiger partial charge in [-0.05, 0) is 31.0 Å². The lowest BCUT2D eigenvalue weighted by atomic mass is 10.1. The van der Waals surface area contributed by atoms with E-state index in [1.165, 1.54) is 0 Å². The SMILES string of the molecule is CCCCN(CCCC)c1cc(Br)cc(C(=O)O)c1. The zero-order chi connectivity index (χ0) is 14.3. The molecule has 1 rings (SSSR count). The maximum absolute atomic E-state index is 11.1. The Morgan fingerprint density at radius 2 is 1.74 bits per heavy atom. The number of nitrogens with zero attached hydrogens (tertiary/aromatic N) is 1. The monoisotopic (exact) mass is 327 g/mol. The maximum atomic E-state index is 11.1. The van der Waals surface area contributed by atoms with Crippen LogP contribution in [0.1, 0.15) is 49.9 Å². The second-order valence-electron chi connectivity index (χ2n) is 4.70. The van der Waals surface area contributed by atoms with Crippen molar-refractivity contribution >= 4 is 27.6 Å². The third-order valence-electron chi connectivity index (χ3n) is 3.06. The molecular weight excluding hydrogens is 306 g/mol. The lowest BCUT2D eigenvalue weighted by Gasteiger charge is -2.25. The van der Waals surface area contributed by atoms with E-state index in [0.29, 0.717) is 5.56 Å². The topological polar surface area (TPSA) is 40.5 Å². The predicted octanol–water partition coefficient (Wildman–Crippen LogP) is 4.55. The molecule has 0 aliphatic rings. The predicted molar refractivity (Wildman–Crippen MR) is 83.1 cm³/mol. The van der Waals surface area contributed by atoms with Gasteiger partial charge >= 0.3 is 5.97 Å². The number of carboxylic acids is 1. The number of carboxylic acid groups (broad SMARTS) is 1. The average Bonchev–Trinajstić information content (AvgIpc) is 2.38. The zero-order valence-corrected chi connectivity index (χ0v) is 13.2. The molecule has 0 atom stereocenters. The van der Waals surface area contributed by atoms with E-state index >= 15 is 0 Å². The summed E-state index contributed by atoms with van der Waals surface area (Å²) in [6, 6.07) is 5.40. The number of halogens is 1. The molecule has 0 fully saturated rings. The van der Waals surface area contributed by atoms with Gasteiger partial charge in [-0.2, -0.15) is 0 Å². The molecule has 0 amide bonds. The fraction of sp³-hybridized carbons (Fsp3) is 0.533. The van der Waals surface area contributed by atoms with Gasteiger partial charge in [-0.1, -0.05) is 42.6 Å². The highest BCUT2D eigenvalue weighted by Gasteiger charge is 2.11. The Bertz CT molecular complexity index is 413. The average molecular weight is 328 g/mol. The first-order valence-corrected chi connectivity index (χ1v) is 7.66. The summed E-state index contributed by atoms with van der Waals surface area (Å²) in [4.78, 5) is 13.4. The zero-order valence-electron chi connectivity index (χ0n) is 11.7. The molecular formula is C15H22BrNO2. The van der Waals surface area contributed by atoms with Crippen molar-refractivity contribution in [3.8, 4) is 0 Å². The molecule has 0 aliphatic carbocycles. The van der Waals surface area contributed by atoms with Crippen LogP contribution in [0.15, 0.2) is 22.7 Å².